The predicted molar refractivity (Wildman–Crippen MR) is 119 cm³/mol. The fourth-order valence-electron chi connectivity index (χ4n) is 3.81. The van der Waals surface area contributed by atoms with Crippen molar-refractivity contribution in [2.24, 2.45) is 0 Å². The molecule has 0 aliphatic carbocycles. The molecule has 0 spiro atoms. The Kier molecular flexibility index (Phi) is 4.82. The van der Waals surface area contributed by atoms with Gasteiger partial charge in [0.1, 0.15) is 11.8 Å². The number of ether oxygens (including phenoxy) is 1. The monoisotopic (exact) mass is 479 g/mol. The summed E-state index contributed by atoms with van der Waals surface area (Å²) in [5.74, 6) is 0.655. The highest BCUT2D eigenvalue weighted by atomic mass is 79.9. The first-order valence-electron chi connectivity index (χ1n) is 9.75. The third kappa shape index (κ3) is 3.40. The topological polar surface area (TPSA) is 89.3 Å². The van der Waals surface area contributed by atoms with Crippen LogP contribution >= 0.6 is 15.9 Å². The zero-order chi connectivity index (χ0) is 21.5. The molecular formula is C22H18BrN5O3. The Labute approximate surface area is 186 Å². The number of para-hydroxylation sites is 1. The van der Waals surface area contributed by atoms with E-state index in [9.17, 15) is 9.59 Å². The van der Waals surface area contributed by atoms with E-state index in [1.165, 1.54) is 0 Å². The van der Waals surface area contributed by atoms with Gasteiger partial charge in [-0.1, -0.05) is 46.3 Å². The number of carbonyl (C=O) groups is 2. The number of hydrogen-bond acceptors (Lipinski definition) is 6. The van der Waals surface area contributed by atoms with Crippen LogP contribution in [0.1, 0.15) is 30.0 Å². The summed E-state index contributed by atoms with van der Waals surface area (Å²) in [6.45, 7) is 0. The number of nitrogens with one attached hydrogen (secondary N) is 1. The summed E-state index contributed by atoms with van der Waals surface area (Å²) in [6, 6.07) is 15.2. The van der Waals surface area contributed by atoms with Gasteiger partial charge in [-0.05, 0) is 29.8 Å². The van der Waals surface area contributed by atoms with Crippen LogP contribution in [-0.2, 0) is 9.59 Å². The van der Waals surface area contributed by atoms with Crippen LogP contribution < -0.4 is 15.0 Å². The highest BCUT2D eigenvalue weighted by Crippen LogP contribution is 2.37. The van der Waals surface area contributed by atoms with E-state index in [4.69, 9.17) is 4.74 Å². The van der Waals surface area contributed by atoms with E-state index < -0.39 is 0 Å². The Hall–Kier alpha value is -3.46. The molecule has 1 fully saturated rings. The van der Waals surface area contributed by atoms with Crippen molar-refractivity contribution >= 4 is 45.3 Å². The number of aromatic nitrogens is 3. The molecule has 1 N–H and O–H groups in total. The van der Waals surface area contributed by atoms with E-state index in [1.54, 1.807) is 11.8 Å². The van der Waals surface area contributed by atoms with Crippen molar-refractivity contribution in [2.75, 3.05) is 17.3 Å². The molecular weight excluding hydrogens is 462 g/mol. The van der Waals surface area contributed by atoms with Crippen molar-refractivity contribution in [2.45, 2.75) is 18.9 Å². The number of benzene rings is 2. The zero-order valence-corrected chi connectivity index (χ0v) is 18.2. The quantitative estimate of drug-likeness (QED) is 0.573. The summed E-state index contributed by atoms with van der Waals surface area (Å²) in [5, 5.41) is 7.82. The molecule has 0 unspecified atom stereocenters. The van der Waals surface area contributed by atoms with E-state index >= 15 is 0 Å². The highest BCUT2D eigenvalue weighted by Gasteiger charge is 2.36. The summed E-state index contributed by atoms with van der Waals surface area (Å²) >= 11 is 3.46. The number of nitrogens with zero attached hydrogens (tertiary/aromatic N) is 4. The number of hydrogen-bond donors (Lipinski definition) is 1. The Morgan fingerprint density at radius 2 is 1.77 bits per heavy atom. The average molecular weight is 480 g/mol. The van der Waals surface area contributed by atoms with Gasteiger partial charge in [-0.2, -0.15) is 4.98 Å². The number of methoxy groups -OCH3 is 1. The minimum Gasteiger partial charge on any atom is -0.496 e. The van der Waals surface area contributed by atoms with Crippen LogP contribution in [0.3, 0.4) is 0 Å². The molecule has 1 saturated heterocycles. The van der Waals surface area contributed by atoms with Crippen LogP contribution in [0.4, 0.5) is 11.9 Å². The second-order valence-electron chi connectivity index (χ2n) is 7.20. The number of rotatable bonds is 4. The number of anilines is 2. The number of imide groups is 1. The van der Waals surface area contributed by atoms with E-state index in [1.807, 2.05) is 54.6 Å². The van der Waals surface area contributed by atoms with E-state index in [-0.39, 0.29) is 36.6 Å². The standard InChI is InChI=1S/C22H18BrN5O3/c1-31-18-5-3-2-4-15(18)17-12-16(13-6-8-14(23)9-7-13)24-21-25-22(26-28(17)21)27-19(29)10-11-20(27)30/h2-9,12,17H,10-11H2,1H3,(H,24,25,26)/t17-/m0/s1. The van der Waals surface area contributed by atoms with Crippen molar-refractivity contribution in [3.63, 3.8) is 0 Å². The summed E-state index contributed by atoms with van der Waals surface area (Å²) in [4.78, 5) is 30.0. The summed E-state index contributed by atoms with van der Waals surface area (Å²) < 4.78 is 8.23. The smallest absolute Gasteiger partial charge is 0.260 e. The lowest BCUT2D eigenvalue weighted by Gasteiger charge is -2.25. The molecule has 0 radical (unpaired) electrons. The normalized spacial score (nSPS) is 17.9. The lowest BCUT2D eigenvalue weighted by molar-refractivity contribution is -0.121. The van der Waals surface area contributed by atoms with Gasteiger partial charge in [0.25, 0.3) is 5.95 Å². The second kappa shape index (κ2) is 7.66. The molecule has 5 rings (SSSR count). The minimum absolute atomic E-state index is 0.0837. The van der Waals surface area contributed by atoms with Crippen molar-refractivity contribution in [1.29, 1.82) is 0 Å². The number of fused-ring (bicyclic) bond motifs is 1. The van der Waals surface area contributed by atoms with Crippen LogP contribution in [0, 0.1) is 0 Å². The van der Waals surface area contributed by atoms with E-state index in [2.05, 4.69) is 31.3 Å². The number of carbonyl (C=O) groups excluding carboxylic acids is 2. The largest absolute Gasteiger partial charge is 0.496 e. The Morgan fingerprint density at radius 1 is 1.06 bits per heavy atom. The lowest BCUT2D eigenvalue weighted by Crippen LogP contribution is -2.29. The van der Waals surface area contributed by atoms with Crippen LogP contribution in [0.2, 0.25) is 0 Å². The molecule has 9 heteroatoms. The van der Waals surface area contributed by atoms with Gasteiger partial charge in [0, 0.05) is 28.6 Å². The highest BCUT2D eigenvalue weighted by molar-refractivity contribution is 9.10. The maximum atomic E-state index is 12.2. The number of halogens is 1. The van der Waals surface area contributed by atoms with Gasteiger partial charge in [0.2, 0.25) is 17.8 Å². The van der Waals surface area contributed by atoms with Crippen molar-refractivity contribution < 1.29 is 14.3 Å². The van der Waals surface area contributed by atoms with Crippen LogP contribution in [0.25, 0.3) is 5.70 Å². The third-order valence-electron chi connectivity index (χ3n) is 5.32. The summed E-state index contributed by atoms with van der Waals surface area (Å²) in [5.41, 5.74) is 2.69. The maximum Gasteiger partial charge on any atom is 0.260 e. The first-order chi connectivity index (χ1) is 15.0. The molecule has 1 atom stereocenters. The van der Waals surface area contributed by atoms with Gasteiger partial charge < -0.3 is 10.1 Å². The molecule has 3 aromatic rings. The first-order valence-corrected chi connectivity index (χ1v) is 10.5. The molecule has 0 saturated carbocycles. The first kappa shape index (κ1) is 19.5. The van der Waals surface area contributed by atoms with Crippen molar-refractivity contribution in [1.82, 2.24) is 14.8 Å². The molecule has 8 nitrogen and oxygen atoms in total. The second-order valence-corrected chi connectivity index (χ2v) is 8.12. The van der Waals surface area contributed by atoms with Gasteiger partial charge in [0.05, 0.1) is 7.11 Å². The van der Waals surface area contributed by atoms with Gasteiger partial charge in [-0.15, -0.1) is 5.10 Å². The molecule has 2 aliphatic heterocycles. The summed E-state index contributed by atoms with van der Waals surface area (Å²) in [6.07, 6.45) is 2.38. The lowest BCUT2D eigenvalue weighted by atomic mass is 10.0. The van der Waals surface area contributed by atoms with Gasteiger partial charge in [-0.25, -0.2) is 9.58 Å². The molecule has 2 aromatic carbocycles. The van der Waals surface area contributed by atoms with Crippen molar-refractivity contribution in [3.05, 3.63) is 70.2 Å². The fraction of sp³-hybridized carbons (Fsp3) is 0.182. The number of amides is 2. The van der Waals surface area contributed by atoms with E-state index in [0.29, 0.717) is 11.7 Å². The van der Waals surface area contributed by atoms with Crippen LogP contribution in [-0.4, -0.2) is 33.7 Å². The molecule has 156 valence electrons. The molecule has 2 amide bonds. The van der Waals surface area contributed by atoms with Gasteiger partial charge in [0.15, 0.2) is 0 Å². The fourth-order valence-corrected chi connectivity index (χ4v) is 4.07. The van der Waals surface area contributed by atoms with Crippen LogP contribution in [0.15, 0.2) is 59.1 Å². The molecule has 0 bridgehead atoms. The average Bonchev–Trinajstić information content (AvgIpc) is 3.35. The van der Waals surface area contributed by atoms with Gasteiger partial charge in [-0.3, -0.25) is 9.59 Å². The van der Waals surface area contributed by atoms with Crippen LogP contribution in [0.5, 0.6) is 5.75 Å². The molecule has 3 heterocycles. The van der Waals surface area contributed by atoms with Crippen molar-refractivity contribution in [3.8, 4) is 5.75 Å². The summed E-state index contributed by atoms with van der Waals surface area (Å²) in [7, 11) is 1.62. The Bertz CT molecular complexity index is 1200. The maximum absolute atomic E-state index is 12.2. The Morgan fingerprint density at radius 3 is 2.48 bits per heavy atom. The van der Waals surface area contributed by atoms with E-state index in [0.717, 1.165) is 26.2 Å². The van der Waals surface area contributed by atoms with Gasteiger partial charge >= 0.3 is 0 Å². The predicted octanol–water partition coefficient (Wildman–Crippen LogP) is 3.76. The molecule has 2 aliphatic rings. The zero-order valence-electron chi connectivity index (χ0n) is 16.6. The number of allylic oxidation sites excluding steroid dienone is 1. The Balaban J connectivity index is 1.64. The molecule has 31 heavy (non-hydrogen) atoms. The minimum atomic E-state index is -0.347. The SMILES string of the molecule is COc1ccccc1[C@@H]1C=C(c2ccc(Br)cc2)Nc2nc(N3C(=O)CCC3=O)nn21. The molecule has 1 aromatic heterocycles. The third-order valence-corrected chi connectivity index (χ3v) is 5.85.